The highest BCUT2D eigenvalue weighted by atomic mass is 16.5. The van der Waals surface area contributed by atoms with Gasteiger partial charge < -0.3 is 18.7 Å². The fourth-order valence-electron chi connectivity index (χ4n) is 11.6. The fraction of sp³-hybridized carbons (Fsp3) is 0.882. The van der Waals surface area contributed by atoms with Gasteiger partial charge in [-0.25, -0.2) is 0 Å². The molecule has 6 aliphatic rings. The first-order valence-corrected chi connectivity index (χ1v) is 16.7. The van der Waals surface area contributed by atoms with E-state index in [-0.39, 0.29) is 41.0 Å². The average Bonchev–Trinajstić information content (AvgIpc) is 3.52. The molecule has 3 unspecified atom stereocenters. The Hall–Kier alpha value is -1.44. The van der Waals surface area contributed by atoms with Crippen LogP contribution >= 0.6 is 0 Å². The van der Waals surface area contributed by atoms with Gasteiger partial charge in [-0.2, -0.15) is 0 Å². The van der Waals surface area contributed by atoms with E-state index in [4.69, 9.17) is 14.2 Å². The minimum Gasteiger partial charge on any atom is -0.461 e. The third-order valence-corrected chi connectivity index (χ3v) is 13.4. The van der Waals surface area contributed by atoms with Gasteiger partial charge in [-0.15, -0.1) is 0 Å². The van der Waals surface area contributed by atoms with Crippen LogP contribution in [0.5, 0.6) is 0 Å². The van der Waals surface area contributed by atoms with Crippen LogP contribution in [-0.2, 0) is 23.8 Å². The molecule has 2 aliphatic heterocycles. The Kier molecular flexibility index (Phi) is 8.12. The van der Waals surface area contributed by atoms with Gasteiger partial charge in [0.1, 0.15) is 12.1 Å². The number of hydrogen-bond acceptors (Lipinski definition) is 6. The van der Waals surface area contributed by atoms with Crippen molar-refractivity contribution in [1.82, 2.24) is 4.90 Å². The van der Waals surface area contributed by atoms with Crippen LogP contribution in [0.4, 0.5) is 0 Å². The summed E-state index contributed by atoms with van der Waals surface area (Å²) in [5, 5.41) is 0. The maximum Gasteiger partial charge on any atom is 0.303 e. The standard InChI is InChI=1S/C34H55N2O5/c1-6-15-36(16-7-8-17-36)30-21-28-26-10-9-25-20-31(40-23(2)37)29(35-13-18-39-19-14-35)22-34(25,5)27(26)11-12-33(28,4)32(30)41-24(3)38/h6,25-32H,1,7-22H2,2-5H3/q+1/t25-,26?,27?,28?,29-,30-,31-,32-,33-,34-/m0/s1. The van der Waals surface area contributed by atoms with E-state index >= 15 is 0 Å². The molecule has 0 aromatic rings. The molecule has 41 heavy (non-hydrogen) atoms. The second-order valence-corrected chi connectivity index (χ2v) is 15.2. The molecule has 2 heterocycles. The first-order valence-electron chi connectivity index (χ1n) is 16.7. The first-order chi connectivity index (χ1) is 19.6. The van der Waals surface area contributed by atoms with Gasteiger partial charge in [-0.1, -0.05) is 20.4 Å². The summed E-state index contributed by atoms with van der Waals surface area (Å²) < 4.78 is 19.2. The molecule has 4 aliphatic carbocycles. The van der Waals surface area contributed by atoms with Crippen LogP contribution in [0.1, 0.15) is 85.5 Å². The van der Waals surface area contributed by atoms with Crippen molar-refractivity contribution in [3.63, 3.8) is 0 Å². The lowest BCUT2D eigenvalue weighted by Gasteiger charge is -2.62. The van der Waals surface area contributed by atoms with E-state index in [1.165, 1.54) is 51.6 Å². The summed E-state index contributed by atoms with van der Waals surface area (Å²) in [5.41, 5.74) is 0.272. The van der Waals surface area contributed by atoms with Crippen molar-refractivity contribution in [3.05, 3.63) is 12.7 Å². The number of fused-ring (bicyclic) bond motifs is 5. The van der Waals surface area contributed by atoms with Gasteiger partial charge >= 0.3 is 11.9 Å². The summed E-state index contributed by atoms with van der Waals surface area (Å²) in [7, 11) is 0. The largest absolute Gasteiger partial charge is 0.461 e. The van der Waals surface area contributed by atoms with Crippen LogP contribution in [0.3, 0.4) is 0 Å². The van der Waals surface area contributed by atoms with Crippen molar-refractivity contribution in [2.45, 2.75) is 110 Å². The van der Waals surface area contributed by atoms with Crippen LogP contribution < -0.4 is 0 Å². The molecule has 0 radical (unpaired) electrons. The Bertz CT molecular complexity index is 1010. The summed E-state index contributed by atoms with van der Waals surface area (Å²) in [6.45, 7) is 19.1. The Morgan fingerprint density at radius 1 is 0.976 bits per heavy atom. The van der Waals surface area contributed by atoms with E-state index in [1.54, 1.807) is 13.8 Å². The lowest BCUT2D eigenvalue weighted by molar-refractivity contribution is -0.937. The molecule has 0 amide bonds. The Morgan fingerprint density at radius 3 is 2.34 bits per heavy atom. The number of likely N-dealkylation sites (tertiary alicyclic amines) is 1. The van der Waals surface area contributed by atoms with Gasteiger partial charge in [-0.05, 0) is 73.7 Å². The van der Waals surface area contributed by atoms with E-state index in [9.17, 15) is 9.59 Å². The van der Waals surface area contributed by atoms with E-state index in [0.29, 0.717) is 29.7 Å². The molecule has 10 atom stereocenters. The molecule has 2 saturated heterocycles. The van der Waals surface area contributed by atoms with Gasteiger partial charge in [0.25, 0.3) is 0 Å². The first kappa shape index (κ1) is 29.6. The number of quaternary nitrogens is 1. The number of nitrogens with zero attached hydrogens (tertiary/aromatic N) is 2. The Morgan fingerprint density at radius 2 is 1.68 bits per heavy atom. The quantitative estimate of drug-likeness (QED) is 0.255. The van der Waals surface area contributed by atoms with E-state index in [2.05, 4.69) is 31.4 Å². The monoisotopic (exact) mass is 571 g/mol. The summed E-state index contributed by atoms with van der Waals surface area (Å²) >= 11 is 0. The van der Waals surface area contributed by atoms with Crippen LogP contribution in [0.2, 0.25) is 0 Å². The molecule has 0 aromatic heterocycles. The van der Waals surface area contributed by atoms with Crippen LogP contribution in [0.25, 0.3) is 0 Å². The Balaban J connectivity index is 1.30. The zero-order valence-corrected chi connectivity index (χ0v) is 26.2. The molecule has 0 aromatic carbocycles. The molecule has 0 N–H and O–H groups in total. The minimum atomic E-state index is -0.147. The topological polar surface area (TPSA) is 65.1 Å². The van der Waals surface area contributed by atoms with E-state index in [1.807, 2.05) is 0 Å². The minimum absolute atomic E-state index is 0.00432. The summed E-state index contributed by atoms with van der Waals surface area (Å²) in [6.07, 6.45) is 12.7. The number of ether oxygens (including phenoxy) is 3. The Labute approximate surface area is 247 Å². The normalized spacial score (nSPS) is 45.7. The van der Waals surface area contributed by atoms with Gasteiger partial charge in [0.05, 0.1) is 32.8 Å². The zero-order valence-electron chi connectivity index (χ0n) is 26.2. The van der Waals surface area contributed by atoms with Crippen LogP contribution in [-0.4, -0.2) is 91.6 Å². The highest BCUT2D eigenvalue weighted by molar-refractivity contribution is 5.66. The van der Waals surface area contributed by atoms with Crippen molar-refractivity contribution in [3.8, 4) is 0 Å². The third kappa shape index (κ3) is 5.00. The summed E-state index contributed by atoms with van der Waals surface area (Å²) in [6, 6.07) is 0.645. The number of carbonyl (C=O) groups is 2. The molecule has 6 rings (SSSR count). The van der Waals surface area contributed by atoms with E-state index < -0.39 is 0 Å². The second kappa shape index (κ2) is 11.2. The van der Waals surface area contributed by atoms with Crippen molar-refractivity contribution in [2.24, 2.45) is 34.5 Å². The van der Waals surface area contributed by atoms with Crippen LogP contribution in [0.15, 0.2) is 12.7 Å². The maximum atomic E-state index is 12.6. The summed E-state index contributed by atoms with van der Waals surface area (Å²) in [5.74, 6) is 2.25. The molecule has 230 valence electrons. The zero-order chi connectivity index (χ0) is 29.0. The number of hydrogen-bond donors (Lipinski definition) is 0. The van der Waals surface area contributed by atoms with Crippen LogP contribution in [0, 0.1) is 34.5 Å². The lowest BCUT2D eigenvalue weighted by Crippen LogP contribution is -2.62. The molecule has 4 saturated carbocycles. The van der Waals surface area contributed by atoms with Gasteiger partial charge in [0.2, 0.25) is 0 Å². The molecular weight excluding hydrogens is 516 g/mol. The SMILES string of the molecule is C=CC[N+]1([C@H]2CC3C4CC[C@H]5C[C@H](OC(C)=O)[C@@H](N6CCOCC6)C[C@]5(C)C4CC[C@]3(C)[C@H]2OC(C)=O)CCCC1. The van der Waals surface area contributed by atoms with Crippen molar-refractivity contribution in [2.75, 3.05) is 45.9 Å². The second-order valence-electron chi connectivity index (χ2n) is 15.2. The van der Waals surface area contributed by atoms with Crippen molar-refractivity contribution >= 4 is 11.9 Å². The number of carbonyl (C=O) groups excluding carboxylic acids is 2. The predicted octanol–water partition coefficient (Wildman–Crippen LogP) is 4.98. The van der Waals surface area contributed by atoms with Crippen molar-refractivity contribution < 1.29 is 28.3 Å². The highest BCUT2D eigenvalue weighted by Gasteiger charge is 2.67. The number of morpholine rings is 1. The number of rotatable bonds is 6. The lowest BCUT2D eigenvalue weighted by atomic mass is 9.44. The fourth-order valence-corrected chi connectivity index (χ4v) is 11.6. The molecular formula is C34H55N2O5+. The number of esters is 2. The third-order valence-electron chi connectivity index (χ3n) is 13.4. The molecule has 7 nitrogen and oxygen atoms in total. The molecule has 0 spiro atoms. The molecule has 0 bridgehead atoms. The maximum absolute atomic E-state index is 12.6. The molecule has 7 heteroatoms. The average molecular weight is 572 g/mol. The molecule has 6 fully saturated rings. The predicted molar refractivity (Wildman–Crippen MR) is 158 cm³/mol. The van der Waals surface area contributed by atoms with Crippen molar-refractivity contribution in [1.29, 1.82) is 0 Å². The van der Waals surface area contributed by atoms with Gasteiger partial charge in [0.15, 0.2) is 6.10 Å². The van der Waals surface area contributed by atoms with Gasteiger partial charge in [0, 0.05) is 57.7 Å². The van der Waals surface area contributed by atoms with Gasteiger partial charge in [-0.3, -0.25) is 14.5 Å². The van der Waals surface area contributed by atoms with E-state index in [0.717, 1.165) is 56.6 Å². The highest BCUT2D eigenvalue weighted by Crippen LogP contribution is 2.67. The summed E-state index contributed by atoms with van der Waals surface area (Å²) in [4.78, 5) is 27.3. The smallest absolute Gasteiger partial charge is 0.303 e.